The highest BCUT2D eigenvalue weighted by molar-refractivity contribution is 9.10. The van der Waals surface area contributed by atoms with E-state index < -0.39 is 0 Å². The molecule has 1 unspecified atom stereocenters. The molecule has 0 aliphatic heterocycles. The molecule has 2 aromatic carbocycles. The number of rotatable bonds is 4. The molecule has 0 aromatic heterocycles. The first-order valence-electron chi connectivity index (χ1n) is 6.34. The minimum atomic E-state index is -0.0467. The Morgan fingerprint density at radius 1 is 1.15 bits per heavy atom. The van der Waals surface area contributed by atoms with E-state index in [1.165, 1.54) is 5.56 Å². The third-order valence-corrected chi connectivity index (χ3v) is 4.42. The molecule has 0 bridgehead atoms. The Labute approximate surface area is 136 Å². The molecule has 0 saturated heterocycles. The standard InChI is InChI=1S/C16H17Br2NO/c1-10-5-12(7-13(17)6-10)16(19)9-11-8-14(20-2)3-4-15(11)18/h3-8,16H,9,19H2,1-2H3. The predicted molar refractivity (Wildman–Crippen MR) is 90.2 cm³/mol. The lowest BCUT2D eigenvalue weighted by atomic mass is 9.98. The van der Waals surface area contributed by atoms with Gasteiger partial charge in [0.15, 0.2) is 0 Å². The number of hydrogen-bond donors (Lipinski definition) is 1. The van der Waals surface area contributed by atoms with Crippen LogP contribution in [0.3, 0.4) is 0 Å². The van der Waals surface area contributed by atoms with Crippen molar-refractivity contribution in [1.29, 1.82) is 0 Å². The molecule has 0 heterocycles. The highest BCUT2D eigenvalue weighted by Gasteiger charge is 2.11. The van der Waals surface area contributed by atoms with Crippen LogP contribution in [0.1, 0.15) is 22.7 Å². The van der Waals surface area contributed by atoms with Crippen molar-refractivity contribution in [2.45, 2.75) is 19.4 Å². The quantitative estimate of drug-likeness (QED) is 0.804. The first-order chi connectivity index (χ1) is 9.49. The summed E-state index contributed by atoms with van der Waals surface area (Å²) in [5.41, 5.74) is 9.82. The van der Waals surface area contributed by atoms with Crippen LogP contribution in [0.2, 0.25) is 0 Å². The maximum Gasteiger partial charge on any atom is 0.119 e. The van der Waals surface area contributed by atoms with E-state index in [4.69, 9.17) is 10.5 Å². The largest absolute Gasteiger partial charge is 0.497 e. The molecule has 20 heavy (non-hydrogen) atoms. The van der Waals surface area contributed by atoms with Gasteiger partial charge < -0.3 is 10.5 Å². The summed E-state index contributed by atoms with van der Waals surface area (Å²) in [4.78, 5) is 0. The van der Waals surface area contributed by atoms with Crippen LogP contribution in [0, 0.1) is 6.92 Å². The minimum Gasteiger partial charge on any atom is -0.497 e. The summed E-state index contributed by atoms with van der Waals surface area (Å²) in [6, 6.07) is 12.2. The zero-order valence-corrected chi connectivity index (χ0v) is 14.7. The van der Waals surface area contributed by atoms with Crippen molar-refractivity contribution >= 4 is 31.9 Å². The average molecular weight is 399 g/mol. The van der Waals surface area contributed by atoms with Gasteiger partial charge in [-0.15, -0.1) is 0 Å². The normalized spacial score (nSPS) is 12.2. The van der Waals surface area contributed by atoms with Gasteiger partial charge in [0.1, 0.15) is 5.75 Å². The maximum atomic E-state index is 6.34. The predicted octanol–water partition coefficient (Wildman–Crippen LogP) is 4.77. The Morgan fingerprint density at radius 3 is 2.55 bits per heavy atom. The van der Waals surface area contributed by atoms with Crippen molar-refractivity contribution < 1.29 is 4.74 Å². The van der Waals surface area contributed by atoms with Crippen molar-refractivity contribution in [2.75, 3.05) is 7.11 Å². The third kappa shape index (κ3) is 3.84. The Bertz CT molecular complexity index is 593. The highest BCUT2D eigenvalue weighted by atomic mass is 79.9. The summed E-state index contributed by atoms with van der Waals surface area (Å²) in [6.07, 6.45) is 0.758. The first-order valence-corrected chi connectivity index (χ1v) is 7.93. The molecular weight excluding hydrogens is 382 g/mol. The number of aryl methyl sites for hydroxylation is 1. The lowest BCUT2D eigenvalue weighted by Crippen LogP contribution is -2.14. The zero-order chi connectivity index (χ0) is 14.7. The van der Waals surface area contributed by atoms with E-state index in [0.717, 1.165) is 32.2 Å². The van der Waals surface area contributed by atoms with Crippen LogP contribution in [0.25, 0.3) is 0 Å². The van der Waals surface area contributed by atoms with E-state index in [1.807, 2.05) is 18.2 Å². The number of benzene rings is 2. The highest BCUT2D eigenvalue weighted by Crippen LogP contribution is 2.28. The van der Waals surface area contributed by atoms with Gasteiger partial charge in [-0.1, -0.05) is 37.9 Å². The van der Waals surface area contributed by atoms with Gasteiger partial charge >= 0.3 is 0 Å². The number of ether oxygens (including phenoxy) is 1. The minimum absolute atomic E-state index is 0.0467. The lowest BCUT2D eigenvalue weighted by Gasteiger charge is -2.15. The molecule has 0 fully saturated rings. The van der Waals surface area contributed by atoms with Gasteiger partial charge in [0, 0.05) is 15.0 Å². The molecular formula is C16H17Br2NO. The van der Waals surface area contributed by atoms with Gasteiger partial charge in [0.2, 0.25) is 0 Å². The van der Waals surface area contributed by atoms with Crippen molar-refractivity contribution in [3.8, 4) is 5.75 Å². The smallest absolute Gasteiger partial charge is 0.119 e. The molecule has 2 aromatic rings. The molecule has 106 valence electrons. The van der Waals surface area contributed by atoms with E-state index >= 15 is 0 Å². The fourth-order valence-electron chi connectivity index (χ4n) is 2.17. The van der Waals surface area contributed by atoms with Gasteiger partial charge in [-0.3, -0.25) is 0 Å². The number of methoxy groups -OCH3 is 1. The zero-order valence-electron chi connectivity index (χ0n) is 11.5. The van der Waals surface area contributed by atoms with Gasteiger partial charge in [-0.2, -0.15) is 0 Å². The fourth-order valence-corrected chi connectivity index (χ4v) is 3.20. The summed E-state index contributed by atoms with van der Waals surface area (Å²) in [5, 5.41) is 0. The molecule has 0 aliphatic carbocycles. The van der Waals surface area contributed by atoms with E-state index in [2.05, 4.69) is 57.0 Å². The first kappa shape index (κ1) is 15.5. The third-order valence-electron chi connectivity index (χ3n) is 3.19. The summed E-state index contributed by atoms with van der Waals surface area (Å²) in [7, 11) is 1.67. The van der Waals surface area contributed by atoms with E-state index in [9.17, 15) is 0 Å². The fraction of sp³-hybridized carbons (Fsp3) is 0.250. The average Bonchev–Trinajstić information content (AvgIpc) is 2.40. The van der Waals surface area contributed by atoms with Crippen molar-refractivity contribution in [3.05, 3.63) is 62.0 Å². The maximum absolute atomic E-state index is 6.34. The number of nitrogens with two attached hydrogens (primary N) is 1. The van der Waals surface area contributed by atoms with Crippen molar-refractivity contribution in [1.82, 2.24) is 0 Å². The van der Waals surface area contributed by atoms with Crippen LogP contribution in [0.4, 0.5) is 0 Å². The second-order valence-corrected chi connectivity index (χ2v) is 6.60. The topological polar surface area (TPSA) is 35.2 Å². The summed E-state index contributed by atoms with van der Waals surface area (Å²) >= 11 is 7.09. The molecule has 4 heteroatoms. The number of halogens is 2. The molecule has 0 spiro atoms. The van der Waals surface area contributed by atoms with Crippen LogP contribution < -0.4 is 10.5 Å². The monoisotopic (exact) mass is 397 g/mol. The molecule has 0 radical (unpaired) electrons. The van der Waals surface area contributed by atoms with Crippen LogP contribution >= 0.6 is 31.9 Å². The molecule has 0 aliphatic rings. The Morgan fingerprint density at radius 2 is 1.90 bits per heavy atom. The second kappa shape index (κ2) is 6.74. The van der Waals surface area contributed by atoms with Gasteiger partial charge in [-0.25, -0.2) is 0 Å². The van der Waals surface area contributed by atoms with Crippen molar-refractivity contribution in [2.24, 2.45) is 5.73 Å². The molecule has 2 N–H and O–H groups in total. The molecule has 2 rings (SSSR count). The Hall–Kier alpha value is -0.840. The number of hydrogen-bond acceptors (Lipinski definition) is 2. The SMILES string of the molecule is COc1ccc(Br)c(CC(N)c2cc(C)cc(Br)c2)c1. The molecule has 1 atom stereocenters. The van der Waals surface area contributed by atoms with E-state index in [1.54, 1.807) is 7.11 Å². The van der Waals surface area contributed by atoms with Crippen molar-refractivity contribution in [3.63, 3.8) is 0 Å². The van der Waals surface area contributed by atoms with E-state index in [-0.39, 0.29) is 6.04 Å². The summed E-state index contributed by atoms with van der Waals surface area (Å²) in [6.45, 7) is 2.07. The molecule has 0 amide bonds. The Balaban J connectivity index is 2.24. The summed E-state index contributed by atoms with van der Waals surface area (Å²) in [5.74, 6) is 0.848. The van der Waals surface area contributed by atoms with Gasteiger partial charge in [0.25, 0.3) is 0 Å². The lowest BCUT2D eigenvalue weighted by molar-refractivity contribution is 0.414. The van der Waals surface area contributed by atoms with Gasteiger partial charge in [-0.05, 0) is 60.4 Å². The van der Waals surface area contributed by atoms with Crippen LogP contribution in [0.5, 0.6) is 5.75 Å². The molecule has 0 saturated carbocycles. The van der Waals surface area contributed by atoms with Crippen LogP contribution in [-0.4, -0.2) is 7.11 Å². The van der Waals surface area contributed by atoms with Crippen LogP contribution in [-0.2, 0) is 6.42 Å². The van der Waals surface area contributed by atoms with E-state index in [0.29, 0.717) is 0 Å². The van der Waals surface area contributed by atoms with Crippen LogP contribution in [0.15, 0.2) is 45.3 Å². The Kier molecular flexibility index (Phi) is 5.24. The second-order valence-electron chi connectivity index (χ2n) is 4.83. The van der Waals surface area contributed by atoms with Gasteiger partial charge in [0.05, 0.1) is 7.11 Å². The molecule has 2 nitrogen and oxygen atoms in total. The summed E-state index contributed by atoms with van der Waals surface area (Å²) < 4.78 is 7.38.